The minimum absolute atomic E-state index is 0.0385. The smallest absolute Gasteiger partial charge is 0.251 e. The van der Waals surface area contributed by atoms with Crippen molar-refractivity contribution in [1.29, 1.82) is 0 Å². The summed E-state index contributed by atoms with van der Waals surface area (Å²) >= 11 is 0. The summed E-state index contributed by atoms with van der Waals surface area (Å²) < 4.78 is 26.8. The Morgan fingerprint density at radius 2 is 1.52 bits per heavy atom. The van der Waals surface area contributed by atoms with Gasteiger partial charge in [-0.3, -0.25) is 19.3 Å². The molecule has 9 heteroatoms. The van der Waals surface area contributed by atoms with Gasteiger partial charge < -0.3 is 5.32 Å². The minimum atomic E-state index is -3.64. The molecule has 2 N–H and O–H groups in total. The molecule has 0 atom stereocenters. The van der Waals surface area contributed by atoms with Gasteiger partial charge in [-0.2, -0.15) is 0 Å². The first-order chi connectivity index (χ1) is 13.8. The SMILES string of the molecule is Cc1ccc(S(=O)(=O)NCCNC(=O)c2ccc(N3C(=O)CCC3=O)cc2)cc1. The van der Waals surface area contributed by atoms with Crippen molar-refractivity contribution in [3.8, 4) is 0 Å². The lowest BCUT2D eigenvalue weighted by atomic mass is 10.2. The first-order valence-corrected chi connectivity index (χ1v) is 10.6. The van der Waals surface area contributed by atoms with Crippen molar-refractivity contribution in [2.45, 2.75) is 24.7 Å². The molecule has 152 valence electrons. The number of aryl methyl sites for hydroxylation is 1. The largest absolute Gasteiger partial charge is 0.351 e. The van der Waals surface area contributed by atoms with Gasteiger partial charge in [0.15, 0.2) is 0 Å². The Morgan fingerprint density at radius 1 is 0.931 bits per heavy atom. The number of carbonyl (C=O) groups is 3. The van der Waals surface area contributed by atoms with E-state index in [1.54, 1.807) is 12.1 Å². The van der Waals surface area contributed by atoms with Crippen LogP contribution in [-0.2, 0) is 19.6 Å². The summed E-state index contributed by atoms with van der Waals surface area (Å²) in [7, 11) is -3.64. The highest BCUT2D eigenvalue weighted by molar-refractivity contribution is 7.89. The predicted octanol–water partition coefficient (Wildman–Crippen LogP) is 1.36. The Hall–Kier alpha value is -3.04. The molecule has 0 bridgehead atoms. The first kappa shape index (κ1) is 20.7. The summed E-state index contributed by atoms with van der Waals surface area (Å²) in [4.78, 5) is 37.0. The van der Waals surface area contributed by atoms with Crippen molar-refractivity contribution in [2.75, 3.05) is 18.0 Å². The number of rotatable bonds is 7. The molecule has 1 heterocycles. The van der Waals surface area contributed by atoms with Crippen LogP contribution in [0.3, 0.4) is 0 Å². The molecule has 1 aliphatic rings. The molecular formula is C20H21N3O5S. The van der Waals surface area contributed by atoms with Crippen LogP contribution in [0.4, 0.5) is 5.69 Å². The highest BCUT2D eigenvalue weighted by Crippen LogP contribution is 2.22. The third-order valence-corrected chi connectivity index (χ3v) is 5.95. The summed E-state index contributed by atoms with van der Waals surface area (Å²) in [5, 5.41) is 2.63. The lowest BCUT2D eigenvalue weighted by Gasteiger charge is -2.14. The first-order valence-electron chi connectivity index (χ1n) is 9.08. The summed E-state index contributed by atoms with van der Waals surface area (Å²) in [6, 6.07) is 12.6. The van der Waals surface area contributed by atoms with Gasteiger partial charge in [-0.1, -0.05) is 17.7 Å². The average molecular weight is 415 g/mol. The zero-order chi connectivity index (χ0) is 21.0. The monoisotopic (exact) mass is 415 g/mol. The number of imide groups is 1. The number of carbonyl (C=O) groups excluding carboxylic acids is 3. The van der Waals surface area contributed by atoms with Crippen LogP contribution in [0, 0.1) is 6.92 Å². The molecule has 0 spiro atoms. The highest BCUT2D eigenvalue weighted by atomic mass is 32.2. The van der Waals surface area contributed by atoms with Crippen LogP contribution in [0.15, 0.2) is 53.4 Å². The van der Waals surface area contributed by atoms with Crippen molar-refractivity contribution in [3.05, 3.63) is 59.7 Å². The van der Waals surface area contributed by atoms with Gasteiger partial charge in [0.2, 0.25) is 21.8 Å². The summed E-state index contributed by atoms with van der Waals surface area (Å²) in [5.41, 5.74) is 1.73. The molecule has 1 fully saturated rings. The second kappa shape index (κ2) is 8.54. The summed E-state index contributed by atoms with van der Waals surface area (Å²) in [6.07, 6.45) is 0.388. The van der Waals surface area contributed by atoms with Crippen LogP contribution in [0.25, 0.3) is 0 Å². The number of benzene rings is 2. The number of anilines is 1. The van der Waals surface area contributed by atoms with E-state index in [4.69, 9.17) is 0 Å². The van der Waals surface area contributed by atoms with E-state index in [-0.39, 0.29) is 48.5 Å². The Kier molecular flexibility index (Phi) is 6.09. The van der Waals surface area contributed by atoms with Gasteiger partial charge in [0.05, 0.1) is 10.6 Å². The molecule has 1 saturated heterocycles. The second-order valence-corrected chi connectivity index (χ2v) is 8.40. The predicted molar refractivity (Wildman–Crippen MR) is 107 cm³/mol. The second-order valence-electron chi connectivity index (χ2n) is 6.64. The van der Waals surface area contributed by atoms with Crippen LogP contribution in [-0.4, -0.2) is 39.2 Å². The summed E-state index contributed by atoms with van der Waals surface area (Å²) in [5.74, 6) is -0.897. The van der Waals surface area contributed by atoms with Gasteiger partial charge in [0.1, 0.15) is 0 Å². The molecule has 0 radical (unpaired) electrons. The molecule has 29 heavy (non-hydrogen) atoms. The molecule has 2 aromatic rings. The summed E-state index contributed by atoms with van der Waals surface area (Å²) in [6.45, 7) is 2.01. The molecule has 8 nitrogen and oxygen atoms in total. The van der Waals surface area contributed by atoms with Crippen LogP contribution >= 0.6 is 0 Å². The topological polar surface area (TPSA) is 113 Å². The molecule has 0 aliphatic carbocycles. The van der Waals surface area contributed by atoms with Gasteiger partial charge in [-0.05, 0) is 43.3 Å². The minimum Gasteiger partial charge on any atom is -0.351 e. The molecule has 0 saturated carbocycles. The van der Waals surface area contributed by atoms with Crippen LogP contribution in [0.2, 0.25) is 0 Å². The van der Waals surface area contributed by atoms with Crippen molar-refractivity contribution < 1.29 is 22.8 Å². The third-order valence-electron chi connectivity index (χ3n) is 4.47. The number of nitrogens with one attached hydrogen (secondary N) is 2. The Bertz CT molecular complexity index is 1010. The van der Waals surface area contributed by atoms with Crippen LogP contribution in [0.5, 0.6) is 0 Å². The van der Waals surface area contributed by atoms with Gasteiger partial charge in [0, 0.05) is 31.5 Å². The molecule has 3 amide bonds. The van der Waals surface area contributed by atoms with Crippen molar-refractivity contribution in [3.63, 3.8) is 0 Å². The van der Waals surface area contributed by atoms with E-state index in [1.165, 1.54) is 36.4 Å². The fourth-order valence-corrected chi connectivity index (χ4v) is 3.92. The highest BCUT2D eigenvalue weighted by Gasteiger charge is 2.30. The number of hydrogen-bond acceptors (Lipinski definition) is 5. The quantitative estimate of drug-likeness (QED) is 0.524. The van der Waals surface area contributed by atoms with E-state index in [2.05, 4.69) is 10.0 Å². The Morgan fingerprint density at radius 3 is 2.10 bits per heavy atom. The fraction of sp³-hybridized carbons (Fsp3) is 0.250. The maximum atomic E-state index is 12.2. The van der Waals surface area contributed by atoms with Gasteiger partial charge in [-0.15, -0.1) is 0 Å². The van der Waals surface area contributed by atoms with Crippen molar-refractivity contribution in [1.82, 2.24) is 10.0 Å². The van der Waals surface area contributed by atoms with E-state index in [1.807, 2.05) is 6.92 Å². The van der Waals surface area contributed by atoms with Crippen molar-refractivity contribution >= 4 is 33.4 Å². The van der Waals surface area contributed by atoms with Crippen LogP contribution < -0.4 is 14.9 Å². The van der Waals surface area contributed by atoms with Crippen LogP contribution in [0.1, 0.15) is 28.8 Å². The normalized spacial score (nSPS) is 14.3. The maximum absolute atomic E-state index is 12.2. The van der Waals surface area contributed by atoms with Crippen molar-refractivity contribution in [2.24, 2.45) is 0 Å². The zero-order valence-electron chi connectivity index (χ0n) is 15.8. The molecule has 0 aromatic heterocycles. The zero-order valence-corrected chi connectivity index (χ0v) is 16.7. The van der Waals surface area contributed by atoms with E-state index >= 15 is 0 Å². The number of hydrogen-bond donors (Lipinski definition) is 2. The number of nitrogens with zero attached hydrogens (tertiary/aromatic N) is 1. The average Bonchev–Trinajstić information content (AvgIpc) is 3.04. The van der Waals surface area contributed by atoms with E-state index < -0.39 is 10.0 Å². The van der Waals surface area contributed by atoms with Gasteiger partial charge >= 0.3 is 0 Å². The lowest BCUT2D eigenvalue weighted by molar-refractivity contribution is -0.121. The molecular weight excluding hydrogens is 394 g/mol. The molecule has 2 aromatic carbocycles. The molecule has 0 unspecified atom stereocenters. The van der Waals surface area contributed by atoms with E-state index in [0.29, 0.717) is 11.3 Å². The fourth-order valence-electron chi connectivity index (χ4n) is 2.89. The standard InChI is InChI=1S/C20H21N3O5S/c1-14-2-8-17(9-3-14)29(27,28)22-13-12-21-20(26)15-4-6-16(7-5-15)23-18(24)10-11-19(23)25/h2-9,22H,10-13H2,1H3,(H,21,26). The van der Waals surface area contributed by atoms with E-state index in [9.17, 15) is 22.8 Å². The number of sulfonamides is 1. The van der Waals surface area contributed by atoms with Gasteiger partial charge in [-0.25, -0.2) is 13.1 Å². The number of amides is 3. The Balaban J connectivity index is 1.51. The van der Waals surface area contributed by atoms with Gasteiger partial charge in [0.25, 0.3) is 5.91 Å². The molecule has 3 rings (SSSR count). The molecule has 1 aliphatic heterocycles. The maximum Gasteiger partial charge on any atom is 0.251 e. The third kappa shape index (κ3) is 4.87. The van der Waals surface area contributed by atoms with E-state index in [0.717, 1.165) is 10.5 Å². The lowest BCUT2D eigenvalue weighted by Crippen LogP contribution is -2.34. The Labute approximate surface area is 169 Å².